The topological polar surface area (TPSA) is 63.4 Å². The van der Waals surface area contributed by atoms with E-state index in [9.17, 15) is 8.42 Å². The second kappa shape index (κ2) is 6.18. The van der Waals surface area contributed by atoms with Gasteiger partial charge in [-0.15, -0.1) is 0 Å². The van der Waals surface area contributed by atoms with E-state index in [-0.39, 0.29) is 5.75 Å². The molecule has 0 heterocycles. The fourth-order valence-corrected chi connectivity index (χ4v) is 3.99. The highest BCUT2D eigenvalue weighted by molar-refractivity contribution is 7.92. The van der Waals surface area contributed by atoms with E-state index in [1.807, 2.05) is 38.1 Å². The Morgan fingerprint density at radius 1 is 1.10 bits per heavy atom. The quantitative estimate of drug-likeness (QED) is 0.864. The molecular formula is C16H20N2O2S. The van der Waals surface area contributed by atoms with Gasteiger partial charge >= 0.3 is 0 Å². The highest BCUT2D eigenvalue weighted by Gasteiger charge is 2.22. The number of rotatable bonds is 5. The van der Waals surface area contributed by atoms with E-state index in [1.165, 1.54) is 4.31 Å². The van der Waals surface area contributed by atoms with Gasteiger partial charge in [0.05, 0.1) is 11.4 Å². The van der Waals surface area contributed by atoms with Crippen molar-refractivity contribution in [2.45, 2.75) is 19.6 Å². The number of nitrogens with two attached hydrogens (primary N) is 1. The maximum atomic E-state index is 12.7. The van der Waals surface area contributed by atoms with Crippen LogP contribution >= 0.6 is 0 Å². The monoisotopic (exact) mass is 304 g/mol. The van der Waals surface area contributed by atoms with Crippen molar-refractivity contribution in [2.75, 3.05) is 16.6 Å². The SMILES string of the molecule is CCN(c1ccccc1C)S(=O)(=O)Cc1cccc(N)c1. The van der Waals surface area contributed by atoms with Gasteiger partial charge in [0.15, 0.2) is 0 Å². The van der Waals surface area contributed by atoms with Crippen LogP contribution in [-0.4, -0.2) is 15.0 Å². The van der Waals surface area contributed by atoms with Crippen LogP contribution in [0, 0.1) is 6.92 Å². The number of benzene rings is 2. The summed E-state index contributed by atoms with van der Waals surface area (Å²) in [7, 11) is -3.44. The van der Waals surface area contributed by atoms with E-state index in [0.717, 1.165) is 11.3 Å². The number of para-hydroxylation sites is 1. The smallest absolute Gasteiger partial charge is 0.239 e. The van der Waals surface area contributed by atoms with Crippen LogP contribution in [0.15, 0.2) is 48.5 Å². The number of aryl methyl sites for hydroxylation is 1. The second-order valence-corrected chi connectivity index (χ2v) is 6.85. The van der Waals surface area contributed by atoms with E-state index in [4.69, 9.17) is 5.73 Å². The van der Waals surface area contributed by atoms with E-state index in [0.29, 0.717) is 17.8 Å². The molecule has 0 spiro atoms. The molecule has 0 atom stereocenters. The summed E-state index contributed by atoms with van der Waals surface area (Å²) in [4.78, 5) is 0. The van der Waals surface area contributed by atoms with Crippen molar-refractivity contribution in [1.82, 2.24) is 0 Å². The molecule has 0 aromatic heterocycles. The number of nitrogen functional groups attached to an aromatic ring is 1. The van der Waals surface area contributed by atoms with Gasteiger partial charge in [0.2, 0.25) is 10.0 Å². The first kappa shape index (κ1) is 15.4. The molecule has 0 saturated heterocycles. The van der Waals surface area contributed by atoms with Crippen LogP contribution in [0.25, 0.3) is 0 Å². The summed E-state index contributed by atoms with van der Waals surface area (Å²) in [6.07, 6.45) is 0. The molecular weight excluding hydrogens is 284 g/mol. The second-order valence-electron chi connectivity index (χ2n) is 4.95. The lowest BCUT2D eigenvalue weighted by Crippen LogP contribution is -2.32. The summed E-state index contributed by atoms with van der Waals surface area (Å²) >= 11 is 0. The molecule has 0 amide bonds. The number of hydrogen-bond donors (Lipinski definition) is 1. The van der Waals surface area contributed by atoms with E-state index < -0.39 is 10.0 Å². The Balaban J connectivity index is 2.35. The average Bonchev–Trinajstić information content (AvgIpc) is 2.41. The maximum Gasteiger partial charge on any atom is 0.239 e. The molecule has 2 rings (SSSR count). The minimum absolute atomic E-state index is 0.0553. The molecule has 2 aromatic rings. The molecule has 0 unspecified atom stereocenters. The Bertz CT molecular complexity index is 727. The first-order valence-electron chi connectivity index (χ1n) is 6.84. The molecule has 0 aliphatic carbocycles. The summed E-state index contributed by atoms with van der Waals surface area (Å²) in [5.41, 5.74) is 8.65. The van der Waals surface area contributed by atoms with Crippen molar-refractivity contribution in [1.29, 1.82) is 0 Å². The van der Waals surface area contributed by atoms with Gasteiger partial charge in [0.1, 0.15) is 0 Å². The molecule has 0 radical (unpaired) electrons. The molecule has 21 heavy (non-hydrogen) atoms. The standard InChI is InChI=1S/C16H20N2O2S/c1-3-18(16-10-5-4-7-13(16)2)21(19,20)12-14-8-6-9-15(17)11-14/h4-11H,3,12,17H2,1-2H3. The van der Waals surface area contributed by atoms with Crippen LogP contribution in [-0.2, 0) is 15.8 Å². The third kappa shape index (κ3) is 3.55. The number of nitrogens with zero attached hydrogens (tertiary/aromatic N) is 1. The fraction of sp³-hybridized carbons (Fsp3) is 0.250. The zero-order valence-corrected chi connectivity index (χ0v) is 13.1. The molecule has 2 aromatic carbocycles. The van der Waals surface area contributed by atoms with Gasteiger partial charge in [-0.3, -0.25) is 4.31 Å². The molecule has 2 N–H and O–H groups in total. The maximum absolute atomic E-state index is 12.7. The van der Waals surface area contributed by atoms with Crippen molar-refractivity contribution in [2.24, 2.45) is 0 Å². The third-order valence-corrected chi connectivity index (χ3v) is 5.13. The van der Waals surface area contributed by atoms with Crippen molar-refractivity contribution in [3.05, 3.63) is 59.7 Å². The van der Waals surface area contributed by atoms with Gasteiger partial charge in [-0.1, -0.05) is 30.3 Å². The van der Waals surface area contributed by atoms with Gasteiger partial charge < -0.3 is 5.73 Å². The number of anilines is 2. The zero-order valence-electron chi connectivity index (χ0n) is 12.3. The summed E-state index contributed by atoms with van der Waals surface area (Å²) in [6, 6.07) is 14.5. The first-order chi connectivity index (χ1) is 9.94. The Kier molecular flexibility index (Phi) is 4.53. The Labute approximate surface area is 126 Å². The van der Waals surface area contributed by atoms with Gasteiger partial charge in [0.25, 0.3) is 0 Å². The van der Waals surface area contributed by atoms with Gasteiger partial charge in [-0.05, 0) is 43.2 Å². The highest BCUT2D eigenvalue weighted by Crippen LogP contribution is 2.24. The Hall–Kier alpha value is -2.01. The molecule has 0 aliphatic rings. The van der Waals surface area contributed by atoms with Crippen LogP contribution in [0.5, 0.6) is 0 Å². The lowest BCUT2D eigenvalue weighted by Gasteiger charge is -2.24. The van der Waals surface area contributed by atoms with E-state index in [1.54, 1.807) is 24.3 Å². The Morgan fingerprint density at radius 2 is 1.81 bits per heavy atom. The van der Waals surface area contributed by atoms with Gasteiger partial charge in [-0.25, -0.2) is 8.42 Å². The van der Waals surface area contributed by atoms with E-state index >= 15 is 0 Å². The summed E-state index contributed by atoms with van der Waals surface area (Å²) < 4.78 is 26.8. The molecule has 0 bridgehead atoms. The number of sulfonamides is 1. The van der Waals surface area contributed by atoms with E-state index in [2.05, 4.69) is 0 Å². The summed E-state index contributed by atoms with van der Waals surface area (Å²) in [5.74, 6) is -0.0553. The summed E-state index contributed by atoms with van der Waals surface area (Å²) in [6.45, 7) is 4.15. The Morgan fingerprint density at radius 3 is 2.43 bits per heavy atom. The fourth-order valence-electron chi connectivity index (χ4n) is 2.33. The normalized spacial score (nSPS) is 11.3. The zero-order chi connectivity index (χ0) is 15.5. The minimum atomic E-state index is -3.44. The van der Waals surface area contributed by atoms with Crippen LogP contribution in [0.2, 0.25) is 0 Å². The molecule has 112 valence electrons. The lowest BCUT2D eigenvalue weighted by atomic mass is 10.2. The van der Waals surface area contributed by atoms with Crippen molar-refractivity contribution in [3.8, 4) is 0 Å². The number of hydrogen-bond acceptors (Lipinski definition) is 3. The highest BCUT2D eigenvalue weighted by atomic mass is 32.2. The minimum Gasteiger partial charge on any atom is -0.399 e. The van der Waals surface area contributed by atoms with Crippen molar-refractivity contribution < 1.29 is 8.42 Å². The predicted octanol–water partition coefficient (Wildman–Crippen LogP) is 2.93. The van der Waals surface area contributed by atoms with Crippen LogP contribution in [0.4, 0.5) is 11.4 Å². The molecule has 0 saturated carbocycles. The van der Waals surface area contributed by atoms with Gasteiger partial charge in [0, 0.05) is 12.2 Å². The van der Waals surface area contributed by atoms with Crippen LogP contribution in [0.3, 0.4) is 0 Å². The van der Waals surface area contributed by atoms with Gasteiger partial charge in [-0.2, -0.15) is 0 Å². The largest absolute Gasteiger partial charge is 0.399 e. The predicted molar refractivity (Wildman–Crippen MR) is 87.7 cm³/mol. The molecule has 4 nitrogen and oxygen atoms in total. The molecule has 5 heteroatoms. The van der Waals surface area contributed by atoms with Crippen molar-refractivity contribution >= 4 is 21.4 Å². The molecule has 0 fully saturated rings. The van der Waals surface area contributed by atoms with Crippen LogP contribution < -0.4 is 10.0 Å². The summed E-state index contributed by atoms with van der Waals surface area (Å²) in [5, 5.41) is 0. The first-order valence-corrected chi connectivity index (χ1v) is 8.45. The van der Waals surface area contributed by atoms with Crippen molar-refractivity contribution in [3.63, 3.8) is 0 Å². The molecule has 0 aliphatic heterocycles. The third-order valence-electron chi connectivity index (χ3n) is 3.31. The average molecular weight is 304 g/mol. The lowest BCUT2D eigenvalue weighted by molar-refractivity contribution is 0.591. The van der Waals surface area contributed by atoms with Crippen LogP contribution in [0.1, 0.15) is 18.1 Å².